The van der Waals surface area contributed by atoms with Gasteiger partial charge in [-0.1, -0.05) is 26.7 Å². The number of hydrogen-bond acceptors (Lipinski definition) is 11. The lowest BCUT2D eigenvalue weighted by atomic mass is 9.74. The fraction of sp³-hybridized carbons (Fsp3) is 0.698. The van der Waals surface area contributed by atoms with Crippen LogP contribution in [-0.2, 0) is 22.1 Å². The van der Waals surface area contributed by atoms with Gasteiger partial charge in [-0.3, -0.25) is 18.8 Å². The summed E-state index contributed by atoms with van der Waals surface area (Å²) in [4.78, 5) is 55.6. The van der Waals surface area contributed by atoms with E-state index in [1.807, 2.05) is 38.4 Å². The molecule has 2 saturated carbocycles. The molecule has 7 aliphatic rings. The van der Waals surface area contributed by atoms with Crippen molar-refractivity contribution >= 4 is 52.8 Å². The second-order valence-electron chi connectivity index (χ2n) is 18.9. The molecule has 2 aromatic heterocycles. The number of fused-ring (bicyclic) bond motifs is 3. The van der Waals surface area contributed by atoms with Crippen LogP contribution in [0.5, 0.6) is 0 Å². The van der Waals surface area contributed by atoms with E-state index in [9.17, 15) is 14.4 Å². The smallest absolute Gasteiger partial charge is 0.329 e. The lowest BCUT2D eigenvalue weighted by Crippen LogP contribution is -2.71. The van der Waals surface area contributed by atoms with E-state index in [2.05, 4.69) is 47.7 Å². The Morgan fingerprint density at radius 1 is 0.965 bits per heavy atom. The summed E-state index contributed by atoms with van der Waals surface area (Å²) in [6.45, 7) is 14.5. The average Bonchev–Trinajstić information content (AvgIpc) is 3.77. The summed E-state index contributed by atoms with van der Waals surface area (Å²) in [5.74, 6) is 3.10. The summed E-state index contributed by atoms with van der Waals surface area (Å²) < 4.78 is 8.48. The maximum Gasteiger partial charge on any atom is 0.329 e. The number of amides is 1. The number of nitrogens with zero attached hydrogens (tertiary/aromatic N) is 9. The first-order valence-electron chi connectivity index (χ1n) is 22.0. The third-order valence-corrected chi connectivity index (χ3v) is 15.9. The molecule has 1 amide bonds. The van der Waals surface area contributed by atoms with E-state index < -0.39 is 6.04 Å². The van der Waals surface area contributed by atoms with Crippen molar-refractivity contribution in [1.82, 2.24) is 32.6 Å². The predicted molar refractivity (Wildman–Crippen MR) is 226 cm³/mol. The predicted octanol–water partition coefficient (Wildman–Crippen LogP) is 5.21. The Morgan fingerprint density at radius 3 is 2.42 bits per heavy atom. The summed E-state index contributed by atoms with van der Waals surface area (Å²) in [6, 6.07) is 6.51. The van der Waals surface area contributed by atoms with Crippen molar-refractivity contribution in [2.75, 3.05) is 74.0 Å². The van der Waals surface area contributed by atoms with E-state index in [0.717, 1.165) is 99.3 Å². The molecule has 7 heterocycles. The number of aldehydes is 1. The molecule has 2 aliphatic carbocycles. The van der Waals surface area contributed by atoms with Crippen LogP contribution in [0.2, 0.25) is 0 Å². The summed E-state index contributed by atoms with van der Waals surface area (Å²) in [6.07, 6.45) is 14.2. The van der Waals surface area contributed by atoms with Crippen molar-refractivity contribution in [3.63, 3.8) is 0 Å². The van der Waals surface area contributed by atoms with Crippen LogP contribution < -0.4 is 20.8 Å². The van der Waals surface area contributed by atoms with Gasteiger partial charge in [0.15, 0.2) is 0 Å². The Kier molecular flexibility index (Phi) is 9.72. The van der Waals surface area contributed by atoms with Crippen molar-refractivity contribution in [1.29, 1.82) is 0 Å². The molecular formula is C43H60N10O3S. The molecule has 4 saturated heterocycles. The molecule has 306 valence electrons. The molecule has 3 unspecified atom stereocenters. The summed E-state index contributed by atoms with van der Waals surface area (Å²) in [5.41, 5.74) is 4.01. The second-order valence-corrected chi connectivity index (χ2v) is 20.1. The number of nitrogens with one attached hydrogen (secondary N) is 1. The molecule has 14 heteroatoms. The molecular weight excluding hydrogens is 737 g/mol. The SMILES string of the molecule is CCCC(C=O)n1c(=O)n(C)c2cc(N3CCC(CN4CC5(C4)CN(SN4CCC(Nc6ncc7c(n6)N(C6CCCC6C)C(=O)C76CC6)CC4)C5)CC3)ccc21. The summed E-state index contributed by atoms with van der Waals surface area (Å²) in [7, 11) is 1.82. The first-order valence-corrected chi connectivity index (χ1v) is 22.7. The number of carbonyl (C=O) groups is 2. The van der Waals surface area contributed by atoms with Crippen LogP contribution in [0.15, 0.2) is 29.2 Å². The zero-order chi connectivity index (χ0) is 39.1. The minimum atomic E-state index is -0.415. The largest absolute Gasteiger partial charge is 0.371 e. The highest BCUT2D eigenvalue weighted by molar-refractivity contribution is 7.94. The van der Waals surface area contributed by atoms with E-state index in [0.29, 0.717) is 29.7 Å². The molecule has 57 heavy (non-hydrogen) atoms. The van der Waals surface area contributed by atoms with Crippen LogP contribution in [0.3, 0.4) is 0 Å². The number of likely N-dealkylation sites (tertiary alicyclic amines) is 1. The van der Waals surface area contributed by atoms with Crippen molar-refractivity contribution in [2.24, 2.45) is 24.3 Å². The third kappa shape index (κ3) is 6.61. The number of aromatic nitrogens is 4. The Hall–Kier alpha value is -3.46. The van der Waals surface area contributed by atoms with Gasteiger partial charge in [-0.25, -0.2) is 18.4 Å². The second kappa shape index (κ2) is 14.7. The van der Waals surface area contributed by atoms with E-state index in [-0.39, 0.29) is 23.1 Å². The summed E-state index contributed by atoms with van der Waals surface area (Å²) in [5, 5.41) is 3.66. The zero-order valence-electron chi connectivity index (χ0n) is 34.1. The van der Waals surface area contributed by atoms with Gasteiger partial charge in [-0.15, -0.1) is 0 Å². The highest BCUT2D eigenvalue weighted by atomic mass is 32.2. The van der Waals surface area contributed by atoms with E-state index in [1.54, 1.807) is 9.13 Å². The van der Waals surface area contributed by atoms with Gasteiger partial charge in [0.25, 0.3) is 0 Å². The molecule has 3 atom stereocenters. The van der Waals surface area contributed by atoms with E-state index >= 15 is 0 Å². The number of anilines is 3. The van der Waals surface area contributed by atoms with Crippen LogP contribution in [0.25, 0.3) is 11.0 Å². The third-order valence-electron chi connectivity index (χ3n) is 14.8. The Labute approximate surface area is 340 Å². The molecule has 5 aliphatic heterocycles. The Balaban J connectivity index is 0.652. The van der Waals surface area contributed by atoms with E-state index in [1.165, 1.54) is 64.1 Å². The number of hydrogen-bond donors (Lipinski definition) is 1. The first kappa shape index (κ1) is 37.8. The number of carbonyl (C=O) groups excluding carboxylic acids is 2. The Morgan fingerprint density at radius 2 is 1.74 bits per heavy atom. The number of aryl methyl sites for hydroxylation is 1. The molecule has 0 bridgehead atoms. The van der Waals surface area contributed by atoms with Crippen molar-refractivity contribution in [3.8, 4) is 0 Å². The topological polar surface area (TPSA) is 115 Å². The van der Waals surface area contributed by atoms with Gasteiger partial charge < -0.3 is 19.9 Å². The van der Waals surface area contributed by atoms with Crippen LogP contribution in [-0.4, -0.2) is 116 Å². The minimum absolute atomic E-state index is 0.116. The molecule has 1 aromatic carbocycles. The summed E-state index contributed by atoms with van der Waals surface area (Å²) >= 11 is 1.95. The van der Waals surface area contributed by atoms with Crippen molar-refractivity contribution in [2.45, 2.75) is 108 Å². The molecule has 0 radical (unpaired) electrons. The van der Waals surface area contributed by atoms with Gasteiger partial charge in [0.1, 0.15) is 12.1 Å². The number of imidazole rings is 1. The van der Waals surface area contributed by atoms with Crippen LogP contribution in [0.4, 0.5) is 17.5 Å². The Bertz CT molecular complexity index is 2070. The average molecular weight is 797 g/mol. The molecule has 6 fully saturated rings. The standard InChI is InChI=1S/C43H60N10O3S/c1-4-6-33(24-54)52-36-10-9-32(21-37(36)47(3)41(52)56)49-17-11-30(12-18-49)23-48-25-42(26-48)27-51(28-42)57-50-19-13-31(14-20-50)45-40-44-22-34-38(46-40)53(35-8-5-7-29(35)2)39(55)43(34)15-16-43/h9-10,21-22,24,29-31,33,35H,4-8,11-20,23,25-28H2,1-3H3,(H,44,45,46). The fourth-order valence-corrected chi connectivity index (χ4v) is 12.8. The lowest BCUT2D eigenvalue weighted by molar-refractivity contribution is -0.120. The fourth-order valence-electron chi connectivity index (χ4n) is 11.4. The molecule has 10 rings (SSSR count). The number of benzene rings is 1. The van der Waals surface area contributed by atoms with Gasteiger partial charge >= 0.3 is 5.69 Å². The van der Waals surface area contributed by atoms with Crippen LogP contribution in [0.1, 0.15) is 96.1 Å². The highest BCUT2D eigenvalue weighted by Gasteiger charge is 2.62. The lowest BCUT2D eigenvalue weighted by Gasteiger charge is -2.61. The van der Waals surface area contributed by atoms with Gasteiger partial charge in [0, 0.05) is 113 Å². The van der Waals surface area contributed by atoms with Crippen molar-refractivity contribution in [3.05, 3.63) is 40.4 Å². The number of rotatable bonds is 12. The van der Waals surface area contributed by atoms with Crippen LogP contribution >= 0.6 is 12.1 Å². The van der Waals surface area contributed by atoms with E-state index in [4.69, 9.17) is 9.97 Å². The number of piperidine rings is 2. The van der Waals surface area contributed by atoms with Gasteiger partial charge in [0.2, 0.25) is 11.9 Å². The highest BCUT2D eigenvalue weighted by Crippen LogP contribution is 2.58. The monoisotopic (exact) mass is 796 g/mol. The molecule has 1 N–H and O–H groups in total. The quantitative estimate of drug-likeness (QED) is 0.193. The molecule has 13 nitrogen and oxygen atoms in total. The minimum Gasteiger partial charge on any atom is -0.371 e. The van der Waals surface area contributed by atoms with Gasteiger partial charge in [0.05, 0.1) is 22.5 Å². The maximum atomic E-state index is 13.6. The zero-order valence-corrected chi connectivity index (χ0v) is 34.9. The maximum absolute atomic E-state index is 13.6. The van der Waals surface area contributed by atoms with Gasteiger partial charge in [-0.2, -0.15) is 4.98 Å². The van der Waals surface area contributed by atoms with Crippen LogP contribution in [0, 0.1) is 17.3 Å². The van der Waals surface area contributed by atoms with Gasteiger partial charge in [-0.05, 0) is 87.8 Å². The molecule has 3 aromatic rings. The first-order chi connectivity index (χ1) is 27.7. The van der Waals surface area contributed by atoms with Crippen molar-refractivity contribution < 1.29 is 9.59 Å². The normalized spacial score (nSPS) is 27.0. The molecule has 2 spiro atoms.